The smallest absolute Gasteiger partial charge is 0.229 e. The van der Waals surface area contributed by atoms with Crippen molar-refractivity contribution in [1.82, 2.24) is 0 Å². The fourth-order valence-corrected chi connectivity index (χ4v) is 1.58. The third-order valence-corrected chi connectivity index (χ3v) is 2.43. The van der Waals surface area contributed by atoms with E-state index in [4.69, 9.17) is 0 Å². The zero-order valence-corrected chi connectivity index (χ0v) is 8.30. The van der Waals surface area contributed by atoms with Gasteiger partial charge in [-0.3, -0.25) is 4.79 Å². The number of hydrogen-bond acceptors (Lipinski definition) is 3. The number of fused-ring (bicyclic) bond motifs is 1. The van der Waals surface area contributed by atoms with Crippen LogP contribution in [-0.2, 0) is 4.79 Å². The Morgan fingerprint density at radius 2 is 2.20 bits per heavy atom. The highest BCUT2D eigenvalue weighted by Gasteiger charge is 2.24. The summed E-state index contributed by atoms with van der Waals surface area (Å²) in [4.78, 5) is 22.2. The maximum absolute atomic E-state index is 11.6. The molecular formula is C10H11N3O2. The van der Waals surface area contributed by atoms with Crippen molar-refractivity contribution in [3.63, 3.8) is 0 Å². The second kappa shape index (κ2) is 3.68. The van der Waals surface area contributed by atoms with Gasteiger partial charge in [0.2, 0.25) is 5.91 Å². The quantitative estimate of drug-likeness (QED) is 0.710. The van der Waals surface area contributed by atoms with Crippen LogP contribution in [0.3, 0.4) is 0 Å². The third kappa shape index (κ3) is 1.68. The lowest BCUT2D eigenvalue weighted by Gasteiger charge is -2.15. The lowest BCUT2D eigenvalue weighted by molar-refractivity contribution is -0.119. The van der Waals surface area contributed by atoms with Crippen molar-refractivity contribution in [3.8, 4) is 0 Å². The molecule has 2 rings (SSSR count). The Kier molecular flexibility index (Phi) is 2.37. The molecule has 1 atom stereocenters. The first-order valence-corrected chi connectivity index (χ1v) is 4.73. The predicted molar refractivity (Wildman–Crippen MR) is 57.4 cm³/mol. The van der Waals surface area contributed by atoms with Crippen LogP contribution in [0.15, 0.2) is 29.6 Å². The third-order valence-electron chi connectivity index (χ3n) is 2.43. The van der Waals surface area contributed by atoms with Crippen LogP contribution in [0.5, 0.6) is 0 Å². The first-order chi connectivity index (χ1) is 7.22. The molecule has 15 heavy (non-hydrogen) atoms. The van der Waals surface area contributed by atoms with Gasteiger partial charge in [-0.15, -0.1) is 4.91 Å². The number of carbonyl (C=O) groups excluding carboxylic acids is 1. The number of hydrogen-bond donors (Lipinski definition) is 1. The minimum absolute atomic E-state index is 0.0893. The molecule has 1 unspecified atom stereocenters. The summed E-state index contributed by atoms with van der Waals surface area (Å²) in [5, 5.41) is 6.99. The Morgan fingerprint density at radius 1 is 1.47 bits per heavy atom. The van der Waals surface area contributed by atoms with E-state index in [-0.39, 0.29) is 11.8 Å². The Bertz CT molecular complexity index is 405. The van der Waals surface area contributed by atoms with E-state index in [1.54, 1.807) is 31.2 Å². The molecule has 1 aliphatic rings. The highest BCUT2D eigenvalue weighted by Crippen LogP contribution is 2.29. The summed E-state index contributed by atoms with van der Waals surface area (Å²) < 4.78 is 0. The number of nitrogens with zero attached hydrogens (tertiary/aromatic N) is 2. The topological polar surface area (TPSA) is 61.8 Å². The Hall–Kier alpha value is -1.91. The molecule has 5 nitrogen and oxygen atoms in total. The van der Waals surface area contributed by atoms with Gasteiger partial charge in [0.05, 0.1) is 29.1 Å². The lowest BCUT2D eigenvalue weighted by Crippen LogP contribution is -2.26. The monoisotopic (exact) mass is 205 g/mol. The minimum atomic E-state index is -0.255. The van der Waals surface area contributed by atoms with Crippen LogP contribution in [0.1, 0.15) is 6.92 Å². The molecule has 0 saturated carbocycles. The molecule has 5 heteroatoms. The van der Waals surface area contributed by atoms with E-state index in [1.807, 2.05) is 0 Å². The van der Waals surface area contributed by atoms with Gasteiger partial charge in [-0.2, -0.15) is 0 Å². The molecule has 0 fully saturated rings. The number of rotatable bonds is 1. The van der Waals surface area contributed by atoms with Crippen LogP contribution in [-0.4, -0.2) is 12.5 Å². The summed E-state index contributed by atoms with van der Waals surface area (Å²) >= 11 is 0. The molecule has 1 aromatic rings. The first-order valence-electron chi connectivity index (χ1n) is 4.73. The van der Waals surface area contributed by atoms with E-state index in [9.17, 15) is 9.70 Å². The van der Waals surface area contributed by atoms with Gasteiger partial charge in [0.1, 0.15) is 0 Å². The van der Waals surface area contributed by atoms with E-state index in [0.29, 0.717) is 17.9 Å². The van der Waals surface area contributed by atoms with Gasteiger partial charge < -0.3 is 5.32 Å². The molecule has 0 aromatic heterocycles. The molecule has 1 N–H and O–H groups in total. The molecule has 1 aromatic carbocycles. The molecule has 78 valence electrons. The average molecular weight is 205 g/mol. The summed E-state index contributed by atoms with van der Waals surface area (Å²) in [5.74, 6) is -0.344. The summed E-state index contributed by atoms with van der Waals surface area (Å²) in [5.41, 5.74) is 1.27. The molecule has 1 amide bonds. The van der Waals surface area contributed by atoms with Gasteiger partial charge >= 0.3 is 0 Å². The van der Waals surface area contributed by atoms with Gasteiger partial charge in [-0.25, -0.2) is 5.01 Å². The first kappa shape index (κ1) is 9.64. The van der Waals surface area contributed by atoms with Crippen LogP contribution < -0.4 is 10.3 Å². The van der Waals surface area contributed by atoms with E-state index < -0.39 is 0 Å². The maximum atomic E-state index is 11.6. The van der Waals surface area contributed by atoms with Crippen LogP contribution in [0.25, 0.3) is 0 Å². The van der Waals surface area contributed by atoms with Gasteiger partial charge in [0.15, 0.2) is 0 Å². The van der Waals surface area contributed by atoms with Crippen LogP contribution in [0.4, 0.5) is 11.4 Å². The zero-order chi connectivity index (χ0) is 10.8. The van der Waals surface area contributed by atoms with Crippen LogP contribution in [0, 0.1) is 10.8 Å². The number of benzene rings is 1. The Balaban J connectivity index is 2.46. The molecule has 0 radical (unpaired) electrons. The molecule has 0 spiro atoms. The molecular weight excluding hydrogens is 194 g/mol. The van der Waals surface area contributed by atoms with E-state index in [1.165, 1.54) is 5.01 Å². The molecule has 0 bridgehead atoms. The van der Waals surface area contributed by atoms with Crippen molar-refractivity contribution in [2.24, 2.45) is 11.2 Å². The van der Waals surface area contributed by atoms with Gasteiger partial charge in [-0.1, -0.05) is 19.1 Å². The SMILES string of the molecule is CC1CN(N=O)c2ccccc2NC1=O. The predicted octanol–water partition coefficient (Wildman–Crippen LogP) is 1.76. The fraction of sp³-hybridized carbons (Fsp3) is 0.300. The van der Waals surface area contributed by atoms with Crippen molar-refractivity contribution >= 4 is 17.3 Å². The standard InChI is InChI=1S/C10H11N3O2/c1-7-6-13(12-15)9-5-3-2-4-8(9)11-10(7)14/h2-5,7H,6H2,1H3,(H,11,14). The van der Waals surface area contributed by atoms with Gasteiger partial charge in [-0.05, 0) is 12.1 Å². The van der Waals surface area contributed by atoms with Crippen molar-refractivity contribution < 1.29 is 4.79 Å². The van der Waals surface area contributed by atoms with E-state index in [0.717, 1.165) is 0 Å². The molecule has 1 heterocycles. The van der Waals surface area contributed by atoms with Crippen LogP contribution >= 0.6 is 0 Å². The normalized spacial score (nSPS) is 20.2. The molecule has 0 saturated heterocycles. The summed E-state index contributed by atoms with van der Waals surface area (Å²) in [6.07, 6.45) is 0. The second-order valence-corrected chi connectivity index (χ2v) is 3.57. The number of para-hydroxylation sites is 2. The number of amides is 1. The van der Waals surface area contributed by atoms with Gasteiger partial charge in [0.25, 0.3) is 0 Å². The van der Waals surface area contributed by atoms with Crippen molar-refractivity contribution in [2.75, 3.05) is 16.9 Å². The average Bonchev–Trinajstić information content (AvgIpc) is 2.37. The fourth-order valence-electron chi connectivity index (χ4n) is 1.58. The number of carbonyl (C=O) groups is 1. The Morgan fingerprint density at radius 3 is 2.93 bits per heavy atom. The Labute approximate surface area is 87.0 Å². The van der Waals surface area contributed by atoms with Crippen molar-refractivity contribution in [3.05, 3.63) is 29.2 Å². The van der Waals surface area contributed by atoms with Gasteiger partial charge in [0, 0.05) is 0 Å². The number of anilines is 2. The van der Waals surface area contributed by atoms with Crippen LogP contribution in [0.2, 0.25) is 0 Å². The van der Waals surface area contributed by atoms with Crippen molar-refractivity contribution in [2.45, 2.75) is 6.92 Å². The minimum Gasteiger partial charge on any atom is -0.324 e. The zero-order valence-electron chi connectivity index (χ0n) is 8.30. The highest BCUT2D eigenvalue weighted by molar-refractivity contribution is 5.97. The summed E-state index contributed by atoms with van der Waals surface area (Å²) in [6.45, 7) is 2.08. The largest absolute Gasteiger partial charge is 0.324 e. The molecule has 1 aliphatic heterocycles. The number of nitroso groups, excluding NO2 is 1. The maximum Gasteiger partial charge on any atom is 0.229 e. The molecule has 0 aliphatic carbocycles. The highest BCUT2D eigenvalue weighted by atomic mass is 16.3. The van der Waals surface area contributed by atoms with E-state index >= 15 is 0 Å². The number of nitrogens with one attached hydrogen (secondary N) is 1. The van der Waals surface area contributed by atoms with Crippen molar-refractivity contribution in [1.29, 1.82) is 0 Å². The van der Waals surface area contributed by atoms with E-state index in [2.05, 4.69) is 10.6 Å². The summed E-state index contributed by atoms with van der Waals surface area (Å²) in [7, 11) is 0. The second-order valence-electron chi connectivity index (χ2n) is 3.57. The lowest BCUT2D eigenvalue weighted by atomic mass is 10.2. The summed E-state index contributed by atoms with van der Waals surface area (Å²) in [6, 6.07) is 7.12.